The Kier molecular flexibility index (Phi) is 4.80. The third-order valence-corrected chi connectivity index (χ3v) is 3.80. The summed E-state index contributed by atoms with van der Waals surface area (Å²) in [5.74, 6) is 1.87. The number of hydrogen-bond donors (Lipinski definition) is 1. The number of ether oxygens (including phenoxy) is 1. The molecule has 0 aliphatic rings. The fourth-order valence-electron chi connectivity index (χ4n) is 2.52. The maximum atomic E-state index is 5.88. The van der Waals surface area contributed by atoms with Crippen molar-refractivity contribution >= 4 is 0 Å². The second-order valence-electron chi connectivity index (χ2n) is 5.44. The van der Waals surface area contributed by atoms with Crippen molar-refractivity contribution in [2.75, 3.05) is 13.7 Å². The van der Waals surface area contributed by atoms with Crippen LogP contribution in [-0.2, 0) is 0 Å². The summed E-state index contributed by atoms with van der Waals surface area (Å²) in [4.78, 5) is 0. The second-order valence-corrected chi connectivity index (χ2v) is 5.44. The Morgan fingerprint density at radius 2 is 1.70 bits per heavy atom. The fourth-order valence-corrected chi connectivity index (χ4v) is 2.52. The molecule has 2 nitrogen and oxygen atoms in total. The van der Waals surface area contributed by atoms with E-state index in [2.05, 4.69) is 50.2 Å². The molecule has 0 bridgehead atoms. The molecule has 1 atom stereocenters. The lowest BCUT2D eigenvalue weighted by molar-refractivity contribution is 0.415. The van der Waals surface area contributed by atoms with Crippen LogP contribution in [0.25, 0.3) is 11.1 Å². The normalized spacial score (nSPS) is 12.4. The average Bonchev–Trinajstić information content (AvgIpc) is 2.48. The van der Waals surface area contributed by atoms with Gasteiger partial charge in [0.2, 0.25) is 0 Å². The summed E-state index contributed by atoms with van der Waals surface area (Å²) >= 11 is 0. The molecule has 20 heavy (non-hydrogen) atoms. The minimum absolute atomic E-state index is 0.425. The van der Waals surface area contributed by atoms with E-state index < -0.39 is 0 Å². The molecule has 0 fully saturated rings. The molecule has 0 spiro atoms. The Labute approximate surface area is 121 Å². The molecule has 0 aliphatic carbocycles. The molecule has 2 aromatic carbocycles. The summed E-state index contributed by atoms with van der Waals surface area (Å²) in [5, 5.41) is 0. The van der Waals surface area contributed by atoms with Crippen molar-refractivity contribution in [1.82, 2.24) is 0 Å². The van der Waals surface area contributed by atoms with Gasteiger partial charge in [-0.3, -0.25) is 0 Å². The van der Waals surface area contributed by atoms with E-state index >= 15 is 0 Å². The Balaban J connectivity index is 2.27. The summed E-state index contributed by atoms with van der Waals surface area (Å²) in [6.45, 7) is 5.12. The van der Waals surface area contributed by atoms with E-state index in [0.29, 0.717) is 18.4 Å². The summed E-state index contributed by atoms with van der Waals surface area (Å²) in [7, 11) is 1.69. The van der Waals surface area contributed by atoms with Crippen LogP contribution >= 0.6 is 0 Å². The van der Waals surface area contributed by atoms with Crippen LogP contribution in [0.4, 0.5) is 0 Å². The molecule has 0 saturated carbocycles. The number of methoxy groups -OCH3 is 1. The predicted octanol–water partition coefficient (Wildman–Crippen LogP) is 4.06. The van der Waals surface area contributed by atoms with Gasteiger partial charge < -0.3 is 10.5 Å². The molecule has 1 unspecified atom stereocenters. The standard InChI is InChI=1S/C18H23NO/c1-13(2)18(12-19)15-9-7-14(8-10-15)16-5-4-6-17(11-16)20-3/h4-11,13,18H,12,19H2,1-3H3. The van der Waals surface area contributed by atoms with Crippen LogP contribution in [0.2, 0.25) is 0 Å². The molecular weight excluding hydrogens is 246 g/mol. The fraction of sp³-hybridized carbons (Fsp3) is 0.333. The summed E-state index contributed by atoms with van der Waals surface area (Å²) in [6.07, 6.45) is 0. The second kappa shape index (κ2) is 6.58. The molecule has 0 radical (unpaired) electrons. The Morgan fingerprint density at radius 3 is 2.25 bits per heavy atom. The number of rotatable bonds is 5. The van der Waals surface area contributed by atoms with Gasteiger partial charge in [-0.1, -0.05) is 50.2 Å². The van der Waals surface area contributed by atoms with E-state index in [1.54, 1.807) is 7.11 Å². The SMILES string of the molecule is COc1cccc(-c2ccc(C(CN)C(C)C)cc2)c1. The highest BCUT2D eigenvalue weighted by atomic mass is 16.5. The molecule has 0 heterocycles. The smallest absolute Gasteiger partial charge is 0.119 e. The third kappa shape index (κ3) is 3.20. The van der Waals surface area contributed by atoms with Gasteiger partial charge in [0.25, 0.3) is 0 Å². The number of benzene rings is 2. The van der Waals surface area contributed by atoms with Crippen molar-refractivity contribution in [3.05, 3.63) is 54.1 Å². The predicted molar refractivity (Wildman–Crippen MR) is 85.1 cm³/mol. The van der Waals surface area contributed by atoms with E-state index in [1.165, 1.54) is 16.7 Å². The van der Waals surface area contributed by atoms with Gasteiger partial charge in [-0.05, 0) is 47.2 Å². The third-order valence-electron chi connectivity index (χ3n) is 3.80. The van der Waals surface area contributed by atoms with Crippen LogP contribution in [0.3, 0.4) is 0 Å². The van der Waals surface area contributed by atoms with Crippen molar-refractivity contribution in [2.45, 2.75) is 19.8 Å². The summed E-state index contributed by atoms with van der Waals surface area (Å²) < 4.78 is 5.27. The Bertz CT molecular complexity index is 546. The van der Waals surface area contributed by atoms with Gasteiger partial charge in [-0.15, -0.1) is 0 Å². The zero-order valence-corrected chi connectivity index (χ0v) is 12.5. The monoisotopic (exact) mass is 269 g/mol. The van der Waals surface area contributed by atoms with Crippen molar-refractivity contribution in [3.63, 3.8) is 0 Å². The van der Waals surface area contributed by atoms with E-state index in [-0.39, 0.29) is 0 Å². The van der Waals surface area contributed by atoms with E-state index in [0.717, 1.165) is 5.75 Å². The van der Waals surface area contributed by atoms with Gasteiger partial charge >= 0.3 is 0 Å². The molecule has 0 saturated heterocycles. The number of hydrogen-bond acceptors (Lipinski definition) is 2. The Morgan fingerprint density at radius 1 is 1.00 bits per heavy atom. The van der Waals surface area contributed by atoms with Crippen LogP contribution in [0, 0.1) is 5.92 Å². The first kappa shape index (κ1) is 14.6. The molecule has 0 aliphatic heterocycles. The molecule has 2 rings (SSSR count). The first-order valence-corrected chi connectivity index (χ1v) is 7.10. The largest absolute Gasteiger partial charge is 0.497 e. The first-order valence-electron chi connectivity index (χ1n) is 7.10. The van der Waals surface area contributed by atoms with Crippen LogP contribution in [0.5, 0.6) is 5.75 Å². The van der Waals surface area contributed by atoms with Gasteiger partial charge in [0.15, 0.2) is 0 Å². The van der Waals surface area contributed by atoms with Crippen molar-refractivity contribution in [1.29, 1.82) is 0 Å². The zero-order chi connectivity index (χ0) is 14.5. The first-order chi connectivity index (χ1) is 9.65. The molecule has 2 aromatic rings. The van der Waals surface area contributed by atoms with Gasteiger partial charge in [0.1, 0.15) is 5.75 Å². The summed E-state index contributed by atoms with van der Waals surface area (Å²) in [5.41, 5.74) is 9.56. The molecule has 2 heteroatoms. The maximum absolute atomic E-state index is 5.88. The minimum atomic E-state index is 0.425. The van der Waals surface area contributed by atoms with Crippen molar-refractivity contribution in [3.8, 4) is 16.9 Å². The summed E-state index contributed by atoms with van der Waals surface area (Å²) in [6, 6.07) is 16.8. The minimum Gasteiger partial charge on any atom is -0.497 e. The van der Waals surface area contributed by atoms with Crippen molar-refractivity contribution < 1.29 is 4.74 Å². The molecular formula is C18H23NO. The average molecular weight is 269 g/mol. The van der Waals surface area contributed by atoms with Gasteiger partial charge in [-0.2, -0.15) is 0 Å². The van der Waals surface area contributed by atoms with E-state index in [4.69, 9.17) is 10.5 Å². The molecule has 106 valence electrons. The maximum Gasteiger partial charge on any atom is 0.119 e. The molecule has 0 amide bonds. The molecule has 0 aromatic heterocycles. The Hall–Kier alpha value is -1.80. The lowest BCUT2D eigenvalue weighted by Gasteiger charge is -2.19. The van der Waals surface area contributed by atoms with Crippen LogP contribution < -0.4 is 10.5 Å². The molecule has 2 N–H and O–H groups in total. The zero-order valence-electron chi connectivity index (χ0n) is 12.5. The van der Waals surface area contributed by atoms with Crippen LogP contribution in [0.15, 0.2) is 48.5 Å². The lowest BCUT2D eigenvalue weighted by Crippen LogP contribution is -2.17. The highest BCUT2D eigenvalue weighted by Crippen LogP contribution is 2.28. The van der Waals surface area contributed by atoms with E-state index in [1.807, 2.05) is 12.1 Å². The van der Waals surface area contributed by atoms with E-state index in [9.17, 15) is 0 Å². The highest BCUT2D eigenvalue weighted by Gasteiger charge is 2.13. The van der Waals surface area contributed by atoms with Crippen LogP contribution in [0.1, 0.15) is 25.3 Å². The van der Waals surface area contributed by atoms with Gasteiger partial charge in [0, 0.05) is 0 Å². The van der Waals surface area contributed by atoms with Crippen LogP contribution in [-0.4, -0.2) is 13.7 Å². The topological polar surface area (TPSA) is 35.2 Å². The highest BCUT2D eigenvalue weighted by molar-refractivity contribution is 5.65. The number of nitrogens with two attached hydrogens (primary N) is 1. The van der Waals surface area contributed by atoms with Crippen molar-refractivity contribution in [2.24, 2.45) is 11.7 Å². The quantitative estimate of drug-likeness (QED) is 0.888. The van der Waals surface area contributed by atoms with Gasteiger partial charge in [0.05, 0.1) is 7.11 Å². The van der Waals surface area contributed by atoms with Gasteiger partial charge in [-0.25, -0.2) is 0 Å². The lowest BCUT2D eigenvalue weighted by atomic mass is 9.88.